The maximum atomic E-state index is 12.8. The first kappa shape index (κ1) is 20.5. The first-order chi connectivity index (χ1) is 15.6. The molecule has 3 aromatic carbocycles. The van der Waals surface area contributed by atoms with Gasteiger partial charge in [-0.3, -0.25) is 14.9 Å². The lowest BCUT2D eigenvalue weighted by atomic mass is 10.2. The Labute approximate surface area is 183 Å². The molecule has 4 rings (SSSR count). The van der Waals surface area contributed by atoms with Crippen molar-refractivity contribution >= 4 is 17.3 Å². The van der Waals surface area contributed by atoms with Gasteiger partial charge in [-0.05, 0) is 54.6 Å². The molecule has 4 aromatic rings. The van der Waals surface area contributed by atoms with Crippen molar-refractivity contribution in [1.82, 2.24) is 4.98 Å². The molecule has 0 aliphatic carbocycles. The van der Waals surface area contributed by atoms with Gasteiger partial charge in [0.2, 0.25) is 5.88 Å². The molecule has 1 N–H and O–H groups in total. The van der Waals surface area contributed by atoms with Gasteiger partial charge >= 0.3 is 0 Å². The molecule has 0 saturated heterocycles. The molecule has 0 spiro atoms. The van der Waals surface area contributed by atoms with E-state index < -0.39 is 10.8 Å². The summed E-state index contributed by atoms with van der Waals surface area (Å²) < 4.78 is 11.4. The monoisotopic (exact) mass is 427 g/mol. The second-order valence-electron chi connectivity index (χ2n) is 6.61. The number of benzene rings is 3. The molecule has 0 radical (unpaired) electrons. The molecule has 8 nitrogen and oxygen atoms in total. The third kappa shape index (κ3) is 5.06. The SMILES string of the molecule is O=C(Nc1ccc(Oc2ccccc2)cc1)c1cccnc1Oc1cccc([N+](=O)[O-])c1. The lowest BCUT2D eigenvalue weighted by Gasteiger charge is -2.11. The summed E-state index contributed by atoms with van der Waals surface area (Å²) in [6.07, 6.45) is 1.47. The lowest BCUT2D eigenvalue weighted by Crippen LogP contribution is -2.13. The topological polar surface area (TPSA) is 104 Å². The summed E-state index contributed by atoms with van der Waals surface area (Å²) in [7, 11) is 0. The van der Waals surface area contributed by atoms with E-state index in [-0.39, 0.29) is 22.9 Å². The maximum absolute atomic E-state index is 12.8. The van der Waals surface area contributed by atoms with Crippen LogP contribution < -0.4 is 14.8 Å². The van der Waals surface area contributed by atoms with Gasteiger partial charge in [0.25, 0.3) is 11.6 Å². The summed E-state index contributed by atoms with van der Waals surface area (Å²) in [5, 5.41) is 13.8. The minimum absolute atomic E-state index is 0.0366. The fourth-order valence-corrected chi connectivity index (χ4v) is 2.85. The van der Waals surface area contributed by atoms with E-state index in [0.717, 1.165) is 0 Å². The molecular formula is C24H17N3O5. The van der Waals surface area contributed by atoms with E-state index in [1.807, 2.05) is 30.3 Å². The van der Waals surface area contributed by atoms with Crippen LogP contribution in [0.3, 0.4) is 0 Å². The van der Waals surface area contributed by atoms with Crippen LogP contribution in [-0.2, 0) is 0 Å². The van der Waals surface area contributed by atoms with Gasteiger partial charge in [0.05, 0.1) is 11.0 Å². The number of rotatable bonds is 7. The Morgan fingerprint density at radius 2 is 1.53 bits per heavy atom. The molecule has 0 bridgehead atoms. The first-order valence-corrected chi connectivity index (χ1v) is 9.60. The Morgan fingerprint density at radius 1 is 0.812 bits per heavy atom. The van der Waals surface area contributed by atoms with Crippen molar-refractivity contribution in [2.75, 3.05) is 5.32 Å². The second kappa shape index (κ2) is 9.40. The van der Waals surface area contributed by atoms with Crippen molar-refractivity contribution in [3.63, 3.8) is 0 Å². The van der Waals surface area contributed by atoms with Gasteiger partial charge in [-0.1, -0.05) is 24.3 Å². The Bertz CT molecular complexity index is 1240. The number of nitro benzene ring substituents is 1. The van der Waals surface area contributed by atoms with E-state index in [1.165, 1.54) is 24.4 Å². The molecule has 1 amide bonds. The fraction of sp³-hybridized carbons (Fsp3) is 0. The van der Waals surface area contributed by atoms with Crippen LogP contribution >= 0.6 is 0 Å². The number of para-hydroxylation sites is 1. The van der Waals surface area contributed by atoms with Crippen LogP contribution in [0.5, 0.6) is 23.1 Å². The largest absolute Gasteiger partial charge is 0.457 e. The maximum Gasteiger partial charge on any atom is 0.273 e. The lowest BCUT2D eigenvalue weighted by molar-refractivity contribution is -0.384. The number of nitro groups is 1. The minimum Gasteiger partial charge on any atom is -0.457 e. The van der Waals surface area contributed by atoms with Crippen LogP contribution in [0.15, 0.2) is 97.2 Å². The summed E-state index contributed by atoms with van der Waals surface area (Å²) >= 11 is 0. The number of non-ortho nitro benzene ring substituents is 1. The smallest absolute Gasteiger partial charge is 0.273 e. The first-order valence-electron chi connectivity index (χ1n) is 9.60. The van der Waals surface area contributed by atoms with Crippen molar-refractivity contribution in [3.8, 4) is 23.1 Å². The summed E-state index contributed by atoms with van der Waals surface area (Å²) in [6, 6.07) is 25.1. The number of amides is 1. The molecule has 158 valence electrons. The molecule has 1 aromatic heterocycles. The number of nitrogens with one attached hydrogen (secondary N) is 1. The van der Waals surface area contributed by atoms with Crippen LogP contribution in [0, 0.1) is 10.1 Å². The van der Waals surface area contributed by atoms with Crippen LogP contribution in [0.25, 0.3) is 0 Å². The minimum atomic E-state index is -0.524. The molecule has 8 heteroatoms. The quantitative estimate of drug-likeness (QED) is 0.294. The second-order valence-corrected chi connectivity index (χ2v) is 6.61. The predicted molar refractivity (Wildman–Crippen MR) is 118 cm³/mol. The molecule has 0 saturated carbocycles. The molecular weight excluding hydrogens is 410 g/mol. The van der Waals surface area contributed by atoms with Gasteiger partial charge in [0, 0.05) is 18.0 Å². The van der Waals surface area contributed by atoms with Crippen molar-refractivity contribution in [1.29, 1.82) is 0 Å². The summed E-state index contributed by atoms with van der Waals surface area (Å²) in [4.78, 5) is 27.4. The molecule has 0 aliphatic rings. The number of carbonyl (C=O) groups is 1. The van der Waals surface area contributed by atoms with Crippen LogP contribution in [0.1, 0.15) is 10.4 Å². The third-order valence-corrected chi connectivity index (χ3v) is 4.35. The summed E-state index contributed by atoms with van der Waals surface area (Å²) in [5.41, 5.74) is 0.617. The van der Waals surface area contributed by atoms with Crippen LogP contribution in [-0.4, -0.2) is 15.8 Å². The summed E-state index contributed by atoms with van der Waals surface area (Å²) in [6.45, 7) is 0. The summed E-state index contributed by atoms with van der Waals surface area (Å²) in [5.74, 6) is 1.15. The highest BCUT2D eigenvalue weighted by Gasteiger charge is 2.16. The predicted octanol–water partition coefficient (Wildman–Crippen LogP) is 5.83. The number of aromatic nitrogens is 1. The number of anilines is 1. The third-order valence-electron chi connectivity index (χ3n) is 4.35. The highest BCUT2D eigenvalue weighted by molar-refractivity contribution is 6.05. The number of pyridine rings is 1. The van der Waals surface area contributed by atoms with Gasteiger partial charge in [-0.15, -0.1) is 0 Å². The van der Waals surface area contributed by atoms with Crippen molar-refractivity contribution in [2.45, 2.75) is 0 Å². The number of ether oxygens (including phenoxy) is 2. The molecule has 0 aliphatic heterocycles. The molecule has 0 atom stereocenters. The molecule has 32 heavy (non-hydrogen) atoms. The zero-order valence-electron chi connectivity index (χ0n) is 16.7. The highest BCUT2D eigenvalue weighted by Crippen LogP contribution is 2.27. The van der Waals surface area contributed by atoms with Crippen molar-refractivity contribution in [3.05, 3.63) is 113 Å². The average Bonchev–Trinajstić information content (AvgIpc) is 2.81. The van der Waals surface area contributed by atoms with E-state index in [1.54, 1.807) is 42.5 Å². The Morgan fingerprint density at radius 3 is 2.28 bits per heavy atom. The fourth-order valence-electron chi connectivity index (χ4n) is 2.85. The number of hydrogen-bond donors (Lipinski definition) is 1. The number of carbonyl (C=O) groups excluding carboxylic acids is 1. The van der Waals surface area contributed by atoms with Gasteiger partial charge < -0.3 is 14.8 Å². The van der Waals surface area contributed by atoms with Crippen molar-refractivity contribution < 1.29 is 19.2 Å². The molecule has 0 unspecified atom stereocenters. The zero-order chi connectivity index (χ0) is 22.3. The highest BCUT2D eigenvalue weighted by atomic mass is 16.6. The van der Waals surface area contributed by atoms with Crippen LogP contribution in [0.2, 0.25) is 0 Å². The zero-order valence-corrected chi connectivity index (χ0v) is 16.7. The Balaban J connectivity index is 1.47. The van der Waals surface area contributed by atoms with Gasteiger partial charge in [0.1, 0.15) is 22.8 Å². The Kier molecular flexibility index (Phi) is 6.03. The van der Waals surface area contributed by atoms with Gasteiger partial charge in [0.15, 0.2) is 0 Å². The normalized spacial score (nSPS) is 10.2. The van der Waals surface area contributed by atoms with E-state index >= 15 is 0 Å². The molecule has 0 fully saturated rings. The van der Waals surface area contributed by atoms with Crippen LogP contribution in [0.4, 0.5) is 11.4 Å². The number of nitrogens with zero attached hydrogens (tertiary/aromatic N) is 2. The van der Waals surface area contributed by atoms with Crippen molar-refractivity contribution in [2.24, 2.45) is 0 Å². The van der Waals surface area contributed by atoms with E-state index in [4.69, 9.17) is 9.47 Å². The van der Waals surface area contributed by atoms with E-state index in [9.17, 15) is 14.9 Å². The van der Waals surface area contributed by atoms with E-state index in [2.05, 4.69) is 10.3 Å². The average molecular weight is 427 g/mol. The Hall–Kier alpha value is -4.72. The standard InChI is InChI=1S/C24H17N3O5/c28-23(26-17-11-13-20(14-12-17)31-19-7-2-1-3-8-19)22-10-5-15-25-24(22)32-21-9-4-6-18(16-21)27(29)30/h1-16H,(H,26,28). The van der Waals surface area contributed by atoms with Gasteiger partial charge in [-0.25, -0.2) is 4.98 Å². The van der Waals surface area contributed by atoms with Gasteiger partial charge in [-0.2, -0.15) is 0 Å². The molecule has 1 heterocycles. The van der Waals surface area contributed by atoms with E-state index in [0.29, 0.717) is 17.2 Å². The number of hydrogen-bond acceptors (Lipinski definition) is 6.